The van der Waals surface area contributed by atoms with E-state index in [-0.39, 0.29) is 37.5 Å². The van der Waals surface area contributed by atoms with Crippen molar-refractivity contribution in [2.24, 2.45) is 0 Å². The molecule has 0 rings (SSSR count). The first-order valence-corrected chi connectivity index (χ1v) is 29.4. The molecule has 71 heavy (non-hydrogen) atoms. The summed E-state index contributed by atoms with van der Waals surface area (Å²) in [6, 6.07) is 0. The largest absolute Gasteiger partial charge is 0.462 e. The number of carbonyl (C=O) groups excluding carboxylic acids is 3. The summed E-state index contributed by atoms with van der Waals surface area (Å²) in [4.78, 5) is 38.2. The molecule has 0 aliphatic heterocycles. The quantitative estimate of drug-likeness (QED) is 0.0261. The van der Waals surface area contributed by atoms with Crippen LogP contribution in [0.2, 0.25) is 0 Å². The molecule has 0 fully saturated rings. The van der Waals surface area contributed by atoms with Gasteiger partial charge in [0.1, 0.15) is 13.2 Å². The van der Waals surface area contributed by atoms with Crippen LogP contribution in [-0.2, 0) is 28.6 Å². The topological polar surface area (TPSA) is 78.9 Å². The van der Waals surface area contributed by atoms with E-state index in [2.05, 4.69) is 130 Å². The Balaban J connectivity index is 4.44. The van der Waals surface area contributed by atoms with E-state index < -0.39 is 6.10 Å². The summed E-state index contributed by atoms with van der Waals surface area (Å²) in [5.74, 6) is -0.950. The molecule has 0 aromatic heterocycles. The highest BCUT2D eigenvalue weighted by molar-refractivity contribution is 5.71. The smallest absolute Gasteiger partial charge is 0.306 e. The van der Waals surface area contributed by atoms with E-state index in [1.165, 1.54) is 89.9 Å². The van der Waals surface area contributed by atoms with Gasteiger partial charge in [0.2, 0.25) is 0 Å². The Kier molecular flexibility index (Phi) is 55.4. The Bertz CT molecular complexity index is 1460. The average Bonchev–Trinajstić information content (AvgIpc) is 3.37. The Hall–Kier alpha value is -3.93. The first-order valence-electron chi connectivity index (χ1n) is 29.4. The first kappa shape index (κ1) is 67.1. The number of esters is 3. The maximum atomic E-state index is 12.9. The zero-order valence-corrected chi connectivity index (χ0v) is 46.2. The van der Waals surface area contributed by atoms with Gasteiger partial charge in [-0.15, -0.1) is 0 Å². The second-order valence-corrected chi connectivity index (χ2v) is 19.2. The van der Waals surface area contributed by atoms with E-state index in [9.17, 15) is 14.4 Å². The van der Waals surface area contributed by atoms with Crippen molar-refractivity contribution in [1.29, 1.82) is 0 Å². The minimum atomic E-state index is -0.806. The molecule has 0 radical (unpaired) electrons. The second kappa shape index (κ2) is 58.6. The van der Waals surface area contributed by atoms with Crippen LogP contribution in [0.1, 0.15) is 265 Å². The number of unbranched alkanes of at least 4 members (excludes halogenated alkanes) is 23. The standard InChI is InChI=1S/C65H108O6/c1-4-7-10-13-16-19-22-25-27-29-31-32-34-35-37-40-43-46-49-52-55-58-64(67)70-61-62(60-69-63(66)57-54-51-48-45-42-39-24-21-18-15-12-9-6-3)71-65(68)59-56-53-50-47-44-41-38-36-33-30-28-26-23-20-17-14-11-8-5-2/h8,11-12,15,17,20-22,24-26,28-29,31,33,36,41,44,62H,4-7,9-10,13-14,16,18-19,23,27,30,32,34-35,37-40,42-43,45-61H2,1-3H3/b11-8-,15-12-,20-17-,24-21-,25-22-,28-26-,31-29-,36-33-,44-41-. The van der Waals surface area contributed by atoms with Crippen molar-refractivity contribution in [3.8, 4) is 0 Å². The van der Waals surface area contributed by atoms with Crippen LogP contribution in [0, 0.1) is 0 Å². The van der Waals surface area contributed by atoms with Gasteiger partial charge in [0.15, 0.2) is 6.10 Å². The first-order chi connectivity index (χ1) is 35.0. The molecule has 0 saturated heterocycles. The van der Waals surface area contributed by atoms with Gasteiger partial charge in [-0.25, -0.2) is 0 Å². The highest BCUT2D eigenvalue weighted by Crippen LogP contribution is 2.14. The molecule has 0 bridgehead atoms. The molecule has 0 amide bonds. The Morgan fingerprint density at radius 1 is 0.296 bits per heavy atom. The van der Waals surface area contributed by atoms with E-state index in [0.29, 0.717) is 12.8 Å². The minimum Gasteiger partial charge on any atom is -0.462 e. The van der Waals surface area contributed by atoms with Gasteiger partial charge in [0, 0.05) is 19.3 Å². The average molecular weight is 986 g/mol. The Labute approximate surface area is 438 Å². The molecular weight excluding hydrogens is 877 g/mol. The molecule has 0 aliphatic rings. The van der Waals surface area contributed by atoms with Crippen molar-refractivity contribution in [2.45, 2.75) is 271 Å². The van der Waals surface area contributed by atoms with Crippen LogP contribution < -0.4 is 0 Å². The minimum absolute atomic E-state index is 0.0997. The predicted octanol–water partition coefficient (Wildman–Crippen LogP) is 19.9. The fourth-order valence-electron chi connectivity index (χ4n) is 7.83. The van der Waals surface area contributed by atoms with E-state index >= 15 is 0 Å². The van der Waals surface area contributed by atoms with Gasteiger partial charge < -0.3 is 14.2 Å². The summed E-state index contributed by atoms with van der Waals surface area (Å²) in [7, 11) is 0. The van der Waals surface area contributed by atoms with Gasteiger partial charge in [-0.05, 0) is 122 Å². The summed E-state index contributed by atoms with van der Waals surface area (Å²) in [5, 5.41) is 0. The van der Waals surface area contributed by atoms with Crippen LogP contribution in [-0.4, -0.2) is 37.2 Å². The Morgan fingerprint density at radius 3 is 0.930 bits per heavy atom. The molecule has 6 nitrogen and oxygen atoms in total. The molecule has 1 atom stereocenters. The van der Waals surface area contributed by atoms with Crippen molar-refractivity contribution < 1.29 is 28.6 Å². The molecule has 0 saturated carbocycles. The van der Waals surface area contributed by atoms with Crippen molar-refractivity contribution in [3.05, 3.63) is 109 Å². The number of carbonyl (C=O) groups is 3. The lowest BCUT2D eigenvalue weighted by Gasteiger charge is -2.18. The maximum absolute atomic E-state index is 12.9. The molecule has 0 N–H and O–H groups in total. The third-order valence-corrected chi connectivity index (χ3v) is 12.2. The predicted molar refractivity (Wildman–Crippen MR) is 307 cm³/mol. The van der Waals surface area contributed by atoms with Crippen molar-refractivity contribution in [3.63, 3.8) is 0 Å². The van der Waals surface area contributed by atoms with Crippen LogP contribution in [0.25, 0.3) is 0 Å². The number of allylic oxidation sites excluding steroid dienone is 18. The lowest BCUT2D eigenvalue weighted by molar-refractivity contribution is -0.167. The highest BCUT2D eigenvalue weighted by Gasteiger charge is 2.19. The summed E-state index contributed by atoms with van der Waals surface area (Å²) in [6.07, 6.45) is 79.4. The molecule has 404 valence electrons. The molecular formula is C65H108O6. The van der Waals surface area contributed by atoms with Crippen LogP contribution in [0.3, 0.4) is 0 Å². The molecule has 0 heterocycles. The third-order valence-electron chi connectivity index (χ3n) is 12.2. The van der Waals surface area contributed by atoms with Crippen LogP contribution in [0.15, 0.2) is 109 Å². The molecule has 1 unspecified atom stereocenters. The van der Waals surface area contributed by atoms with E-state index in [1.807, 2.05) is 0 Å². The van der Waals surface area contributed by atoms with Crippen LogP contribution in [0.4, 0.5) is 0 Å². The summed E-state index contributed by atoms with van der Waals surface area (Å²) in [6.45, 7) is 6.41. The van der Waals surface area contributed by atoms with Crippen LogP contribution >= 0.6 is 0 Å². The fraction of sp³-hybridized carbons (Fsp3) is 0.677. The van der Waals surface area contributed by atoms with Crippen LogP contribution in [0.5, 0.6) is 0 Å². The normalized spacial score (nSPS) is 12.9. The van der Waals surface area contributed by atoms with Crippen molar-refractivity contribution >= 4 is 17.9 Å². The zero-order chi connectivity index (χ0) is 51.4. The summed E-state index contributed by atoms with van der Waals surface area (Å²) < 4.78 is 16.8. The molecule has 0 aromatic carbocycles. The highest BCUT2D eigenvalue weighted by atomic mass is 16.6. The Morgan fingerprint density at radius 2 is 0.577 bits per heavy atom. The fourth-order valence-corrected chi connectivity index (χ4v) is 7.83. The van der Waals surface area contributed by atoms with Gasteiger partial charge in [0.05, 0.1) is 0 Å². The molecule has 0 spiro atoms. The van der Waals surface area contributed by atoms with E-state index in [0.717, 1.165) is 135 Å². The molecule has 6 heteroatoms. The second-order valence-electron chi connectivity index (χ2n) is 19.2. The van der Waals surface area contributed by atoms with Gasteiger partial charge in [0.25, 0.3) is 0 Å². The van der Waals surface area contributed by atoms with E-state index in [4.69, 9.17) is 14.2 Å². The van der Waals surface area contributed by atoms with Crippen molar-refractivity contribution in [2.75, 3.05) is 13.2 Å². The molecule has 0 aliphatic carbocycles. The maximum Gasteiger partial charge on any atom is 0.306 e. The summed E-state index contributed by atoms with van der Waals surface area (Å²) >= 11 is 0. The van der Waals surface area contributed by atoms with E-state index in [1.54, 1.807) is 0 Å². The third kappa shape index (κ3) is 56.9. The number of ether oxygens (including phenoxy) is 3. The zero-order valence-electron chi connectivity index (χ0n) is 46.2. The van der Waals surface area contributed by atoms with Gasteiger partial charge in [-0.3, -0.25) is 14.4 Å². The SMILES string of the molecule is CC/C=C\C/C=C\C/C=C\C/C=C\C/C=C\CCCCCC(=O)OC(COC(=O)CCCCCCC/C=C\C/C=C\CCC)COC(=O)CCCCCCCCCCC/C=C\C/C=C\CCCCCCC. The monoisotopic (exact) mass is 985 g/mol. The van der Waals surface area contributed by atoms with Gasteiger partial charge in [-0.2, -0.15) is 0 Å². The number of hydrogen-bond donors (Lipinski definition) is 0. The van der Waals surface area contributed by atoms with Gasteiger partial charge in [-0.1, -0.05) is 233 Å². The lowest BCUT2D eigenvalue weighted by Crippen LogP contribution is -2.30. The number of rotatable bonds is 52. The summed E-state index contributed by atoms with van der Waals surface area (Å²) in [5.41, 5.74) is 0. The lowest BCUT2D eigenvalue weighted by atomic mass is 10.1. The molecule has 0 aromatic rings. The number of hydrogen-bond acceptors (Lipinski definition) is 6. The van der Waals surface area contributed by atoms with Gasteiger partial charge >= 0.3 is 17.9 Å². The van der Waals surface area contributed by atoms with Crippen molar-refractivity contribution in [1.82, 2.24) is 0 Å².